The summed E-state index contributed by atoms with van der Waals surface area (Å²) in [6.45, 7) is 0.258. The molecule has 32 heavy (non-hydrogen) atoms. The summed E-state index contributed by atoms with van der Waals surface area (Å²) in [6.07, 6.45) is 1.88. The molecule has 0 unspecified atom stereocenters. The Kier molecular flexibility index (Phi) is 5.67. The minimum Gasteiger partial charge on any atom is -0.502 e. The molecule has 0 radical (unpaired) electrons. The average molecular weight is 428 g/mol. The molecule has 1 amide bonds. The summed E-state index contributed by atoms with van der Waals surface area (Å²) >= 11 is 0. The van der Waals surface area contributed by atoms with E-state index < -0.39 is 16.4 Å². The van der Waals surface area contributed by atoms with Gasteiger partial charge in [-0.2, -0.15) is 5.10 Å². The predicted octanol–water partition coefficient (Wildman–Crippen LogP) is 4.43. The quantitative estimate of drug-likeness (QED) is 0.362. The van der Waals surface area contributed by atoms with Gasteiger partial charge in [-0.15, -0.1) is 0 Å². The standard InChI is InChI=1S/C24H20N4O4/c1-26(24(30)18-12-13-21(28(31)32)22(29)14-18)15-19-16-27(20-10-6-3-7-11-20)25-23(19)17-8-4-2-5-9-17/h2-14,16,29H,15H2,1H3. The van der Waals surface area contributed by atoms with Gasteiger partial charge in [0.15, 0.2) is 5.75 Å². The highest BCUT2D eigenvalue weighted by molar-refractivity contribution is 5.95. The zero-order valence-corrected chi connectivity index (χ0v) is 17.3. The van der Waals surface area contributed by atoms with Crippen molar-refractivity contribution < 1.29 is 14.8 Å². The van der Waals surface area contributed by atoms with E-state index in [2.05, 4.69) is 0 Å². The average Bonchev–Trinajstić information content (AvgIpc) is 3.23. The van der Waals surface area contributed by atoms with Gasteiger partial charge in [0.25, 0.3) is 5.91 Å². The monoisotopic (exact) mass is 428 g/mol. The van der Waals surface area contributed by atoms with E-state index in [4.69, 9.17) is 5.10 Å². The van der Waals surface area contributed by atoms with Crippen molar-refractivity contribution in [3.63, 3.8) is 0 Å². The van der Waals surface area contributed by atoms with Crippen molar-refractivity contribution in [3.05, 3.63) is 106 Å². The molecule has 0 bridgehead atoms. The van der Waals surface area contributed by atoms with Gasteiger partial charge in [0.05, 0.1) is 16.3 Å². The number of nitrogens with zero attached hydrogens (tertiary/aromatic N) is 4. The fourth-order valence-corrected chi connectivity index (χ4v) is 3.44. The number of aromatic hydroxyl groups is 1. The Balaban J connectivity index is 1.65. The fourth-order valence-electron chi connectivity index (χ4n) is 3.44. The Morgan fingerprint density at radius 2 is 1.72 bits per heavy atom. The lowest BCUT2D eigenvalue weighted by molar-refractivity contribution is -0.385. The highest BCUT2D eigenvalue weighted by Crippen LogP contribution is 2.28. The van der Waals surface area contributed by atoms with Gasteiger partial charge in [0.1, 0.15) is 0 Å². The molecular formula is C24H20N4O4. The number of nitro benzene ring substituents is 1. The van der Waals surface area contributed by atoms with E-state index in [1.165, 1.54) is 11.0 Å². The Bertz CT molecular complexity index is 1270. The topological polar surface area (TPSA) is 102 Å². The first kappa shape index (κ1) is 20.8. The Labute approximate surface area is 184 Å². The van der Waals surface area contributed by atoms with Crippen LogP contribution in [0.1, 0.15) is 15.9 Å². The third-order valence-corrected chi connectivity index (χ3v) is 5.03. The van der Waals surface area contributed by atoms with Crippen molar-refractivity contribution in [2.24, 2.45) is 0 Å². The number of rotatable bonds is 6. The van der Waals surface area contributed by atoms with E-state index in [1.807, 2.05) is 66.9 Å². The number of para-hydroxylation sites is 1. The van der Waals surface area contributed by atoms with E-state index in [9.17, 15) is 20.0 Å². The Morgan fingerprint density at radius 1 is 1.06 bits per heavy atom. The fraction of sp³-hybridized carbons (Fsp3) is 0.0833. The molecule has 0 aliphatic rings. The molecule has 160 valence electrons. The highest BCUT2D eigenvalue weighted by atomic mass is 16.6. The van der Waals surface area contributed by atoms with Crippen LogP contribution in [0.4, 0.5) is 5.69 Å². The smallest absolute Gasteiger partial charge is 0.310 e. The van der Waals surface area contributed by atoms with Gasteiger partial charge in [-0.25, -0.2) is 4.68 Å². The summed E-state index contributed by atoms with van der Waals surface area (Å²) in [5, 5.41) is 25.5. The van der Waals surface area contributed by atoms with Crippen LogP contribution in [0.5, 0.6) is 5.75 Å². The lowest BCUT2D eigenvalue weighted by Gasteiger charge is -2.17. The molecule has 0 saturated carbocycles. The minimum atomic E-state index is -0.697. The van der Waals surface area contributed by atoms with Crippen LogP contribution in [0.2, 0.25) is 0 Å². The maximum absolute atomic E-state index is 12.9. The summed E-state index contributed by atoms with van der Waals surface area (Å²) in [6, 6.07) is 22.9. The number of phenols is 1. The SMILES string of the molecule is CN(Cc1cn(-c2ccccc2)nc1-c1ccccc1)C(=O)c1ccc([N+](=O)[O-])c(O)c1. The van der Waals surface area contributed by atoms with Crippen LogP contribution in [0, 0.1) is 10.1 Å². The van der Waals surface area contributed by atoms with Crippen molar-refractivity contribution in [3.8, 4) is 22.7 Å². The van der Waals surface area contributed by atoms with Crippen molar-refractivity contribution in [1.29, 1.82) is 0 Å². The summed E-state index contributed by atoms with van der Waals surface area (Å²) in [5.74, 6) is -0.919. The normalized spacial score (nSPS) is 10.7. The maximum Gasteiger partial charge on any atom is 0.310 e. The van der Waals surface area contributed by atoms with Gasteiger partial charge < -0.3 is 10.0 Å². The van der Waals surface area contributed by atoms with Crippen molar-refractivity contribution in [2.45, 2.75) is 6.54 Å². The maximum atomic E-state index is 12.9. The van der Waals surface area contributed by atoms with Gasteiger partial charge >= 0.3 is 5.69 Å². The van der Waals surface area contributed by atoms with Gasteiger partial charge in [0.2, 0.25) is 0 Å². The number of phenolic OH excluding ortho intramolecular Hbond substituents is 1. The molecule has 0 atom stereocenters. The lowest BCUT2D eigenvalue weighted by Crippen LogP contribution is -2.26. The molecular weight excluding hydrogens is 408 g/mol. The molecule has 0 aliphatic carbocycles. The van der Waals surface area contributed by atoms with Crippen molar-refractivity contribution in [2.75, 3.05) is 7.05 Å². The van der Waals surface area contributed by atoms with E-state index in [0.717, 1.165) is 34.6 Å². The summed E-state index contributed by atoms with van der Waals surface area (Å²) in [4.78, 5) is 24.6. The Morgan fingerprint density at radius 3 is 2.34 bits per heavy atom. The van der Waals surface area contributed by atoms with E-state index in [-0.39, 0.29) is 18.0 Å². The predicted molar refractivity (Wildman–Crippen MR) is 120 cm³/mol. The van der Waals surface area contributed by atoms with Crippen molar-refractivity contribution in [1.82, 2.24) is 14.7 Å². The number of hydrogen-bond acceptors (Lipinski definition) is 5. The third-order valence-electron chi connectivity index (χ3n) is 5.03. The molecule has 0 saturated heterocycles. The molecule has 4 rings (SSSR count). The van der Waals surface area contributed by atoms with Gasteiger partial charge in [0, 0.05) is 42.5 Å². The van der Waals surface area contributed by atoms with E-state index >= 15 is 0 Å². The molecule has 4 aromatic rings. The van der Waals surface area contributed by atoms with Crippen LogP contribution in [0.3, 0.4) is 0 Å². The number of carbonyl (C=O) groups is 1. The zero-order valence-electron chi connectivity index (χ0n) is 17.3. The summed E-state index contributed by atoms with van der Waals surface area (Å²) in [5.41, 5.74) is 3.12. The number of hydrogen-bond donors (Lipinski definition) is 1. The van der Waals surface area contributed by atoms with Gasteiger partial charge in [-0.1, -0.05) is 48.5 Å². The van der Waals surface area contributed by atoms with Crippen LogP contribution in [0.15, 0.2) is 85.1 Å². The molecule has 0 aliphatic heterocycles. The number of nitro groups is 1. The van der Waals surface area contributed by atoms with Crippen LogP contribution in [0.25, 0.3) is 16.9 Å². The summed E-state index contributed by atoms with van der Waals surface area (Å²) < 4.78 is 1.77. The molecule has 1 N–H and O–H groups in total. The number of amides is 1. The second kappa shape index (κ2) is 8.73. The second-order valence-electron chi connectivity index (χ2n) is 7.27. The second-order valence-corrected chi connectivity index (χ2v) is 7.27. The lowest BCUT2D eigenvalue weighted by atomic mass is 10.1. The third kappa shape index (κ3) is 4.20. The van der Waals surface area contributed by atoms with E-state index in [0.29, 0.717) is 0 Å². The van der Waals surface area contributed by atoms with Crippen LogP contribution < -0.4 is 0 Å². The highest BCUT2D eigenvalue weighted by Gasteiger charge is 2.20. The molecule has 1 heterocycles. The van der Waals surface area contributed by atoms with E-state index in [1.54, 1.807) is 11.7 Å². The molecule has 3 aromatic carbocycles. The van der Waals surface area contributed by atoms with Crippen LogP contribution >= 0.6 is 0 Å². The largest absolute Gasteiger partial charge is 0.502 e. The first-order valence-corrected chi connectivity index (χ1v) is 9.86. The molecule has 8 nitrogen and oxygen atoms in total. The molecule has 1 aromatic heterocycles. The zero-order chi connectivity index (χ0) is 22.7. The number of aromatic nitrogens is 2. The number of carbonyl (C=O) groups excluding carboxylic acids is 1. The van der Waals surface area contributed by atoms with Crippen LogP contribution in [-0.2, 0) is 6.54 Å². The first-order valence-electron chi connectivity index (χ1n) is 9.86. The first-order chi connectivity index (χ1) is 15.4. The van der Waals surface area contributed by atoms with Gasteiger partial charge in [-0.3, -0.25) is 14.9 Å². The van der Waals surface area contributed by atoms with Crippen molar-refractivity contribution >= 4 is 11.6 Å². The molecule has 0 fully saturated rings. The van der Waals surface area contributed by atoms with Crippen LogP contribution in [-0.4, -0.2) is 37.7 Å². The molecule has 0 spiro atoms. The van der Waals surface area contributed by atoms with Gasteiger partial charge in [-0.05, 0) is 24.3 Å². The number of benzene rings is 3. The Hall–Kier alpha value is -4.46. The minimum absolute atomic E-state index is 0.160. The molecule has 8 heteroatoms. The summed E-state index contributed by atoms with van der Waals surface area (Å²) in [7, 11) is 1.63.